The van der Waals surface area contributed by atoms with E-state index in [1.807, 2.05) is 0 Å². The van der Waals surface area contributed by atoms with Gasteiger partial charge in [0.2, 0.25) is 0 Å². The van der Waals surface area contributed by atoms with Gasteiger partial charge in [-0.3, -0.25) is 0 Å². The monoisotopic (exact) mass is 191 g/mol. The van der Waals surface area contributed by atoms with Crippen LogP contribution in [0.2, 0.25) is 0 Å². The van der Waals surface area contributed by atoms with Crippen LogP contribution in [0.5, 0.6) is 0 Å². The lowest BCUT2D eigenvalue weighted by molar-refractivity contribution is 0.542. The summed E-state index contributed by atoms with van der Waals surface area (Å²) >= 11 is 0. The van der Waals surface area contributed by atoms with E-state index in [9.17, 15) is 0 Å². The summed E-state index contributed by atoms with van der Waals surface area (Å²) in [4.78, 5) is 4.65. The third-order valence-electron chi connectivity index (χ3n) is 3.39. The fourth-order valence-electron chi connectivity index (χ4n) is 2.57. The highest BCUT2D eigenvalue weighted by molar-refractivity contribution is 5.23. The van der Waals surface area contributed by atoms with Crippen LogP contribution in [0.1, 0.15) is 42.5 Å². The van der Waals surface area contributed by atoms with Gasteiger partial charge in [-0.05, 0) is 32.6 Å². The Balaban J connectivity index is 2.04. The molecular formula is C11H17N3. The molecule has 2 N–H and O–H groups in total. The summed E-state index contributed by atoms with van der Waals surface area (Å²) in [5.41, 5.74) is 8.70. The van der Waals surface area contributed by atoms with Gasteiger partial charge >= 0.3 is 0 Å². The summed E-state index contributed by atoms with van der Waals surface area (Å²) in [6, 6.07) is 1.10. The molecule has 76 valence electrons. The summed E-state index contributed by atoms with van der Waals surface area (Å²) < 4.78 is 2.46. The molecule has 3 rings (SSSR count). The van der Waals surface area contributed by atoms with Crippen LogP contribution in [0.15, 0.2) is 0 Å². The second-order valence-electron chi connectivity index (χ2n) is 4.66. The van der Waals surface area contributed by atoms with E-state index >= 15 is 0 Å². The van der Waals surface area contributed by atoms with Crippen molar-refractivity contribution < 1.29 is 0 Å². The lowest BCUT2D eigenvalue weighted by Crippen LogP contribution is -2.28. The third-order valence-corrected chi connectivity index (χ3v) is 3.39. The van der Waals surface area contributed by atoms with E-state index in [0.29, 0.717) is 6.04 Å². The van der Waals surface area contributed by atoms with E-state index in [1.54, 1.807) is 0 Å². The van der Waals surface area contributed by atoms with Crippen molar-refractivity contribution in [3.63, 3.8) is 0 Å². The predicted octanol–water partition coefficient (Wildman–Crippen LogP) is 1.34. The van der Waals surface area contributed by atoms with Crippen molar-refractivity contribution >= 4 is 0 Å². The van der Waals surface area contributed by atoms with E-state index < -0.39 is 0 Å². The topological polar surface area (TPSA) is 43.8 Å². The highest BCUT2D eigenvalue weighted by Gasteiger charge is 2.31. The van der Waals surface area contributed by atoms with Crippen molar-refractivity contribution in [2.45, 2.75) is 51.1 Å². The number of nitrogens with two attached hydrogens (primary N) is 1. The Bertz CT molecular complexity index is 363. The van der Waals surface area contributed by atoms with Crippen LogP contribution in [0.4, 0.5) is 0 Å². The van der Waals surface area contributed by atoms with Gasteiger partial charge in [0.25, 0.3) is 0 Å². The van der Waals surface area contributed by atoms with Crippen molar-refractivity contribution in [3.05, 3.63) is 17.2 Å². The maximum Gasteiger partial charge on any atom is 0.106 e. The van der Waals surface area contributed by atoms with Gasteiger partial charge in [-0.1, -0.05) is 0 Å². The first-order valence-electron chi connectivity index (χ1n) is 5.58. The summed E-state index contributed by atoms with van der Waals surface area (Å²) in [6.07, 6.45) is 5.93. The lowest BCUT2D eigenvalue weighted by atomic mass is 9.97. The fraction of sp³-hybridized carbons (Fsp3) is 0.727. The molecule has 1 saturated carbocycles. The molecule has 14 heavy (non-hydrogen) atoms. The molecule has 0 spiro atoms. The van der Waals surface area contributed by atoms with Gasteiger partial charge in [-0.2, -0.15) is 0 Å². The molecule has 1 fully saturated rings. The summed E-state index contributed by atoms with van der Waals surface area (Å²) in [5.74, 6) is 1.20. The van der Waals surface area contributed by atoms with E-state index in [4.69, 9.17) is 5.73 Å². The van der Waals surface area contributed by atoms with Gasteiger partial charge in [-0.15, -0.1) is 0 Å². The third kappa shape index (κ3) is 1.19. The van der Waals surface area contributed by atoms with Gasteiger partial charge in [0.05, 0.1) is 5.69 Å². The summed E-state index contributed by atoms with van der Waals surface area (Å²) in [7, 11) is 0. The average Bonchev–Trinajstić information content (AvgIpc) is 2.89. The van der Waals surface area contributed by atoms with Gasteiger partial charge in [0, 0.05) is 24.2 Å². The van der Waals surface area contributed by atoms with Crippen LogP contribution < -0.4 is 5.73 Å². The van der Waals surface area contributed by atoms with Gasteiger partial charge in [0.15, 0.2) is 0 Å². The molecule has 1 atom stereocenters. The molecule has 0 aromatic carbocycles. The van der Waals surface area contributed by atoms with Crippen LogP contribution in [-0.4, -0.2) is 15.6 Å². The summed E-state index contributed by atoms with van der Waals surface area (Å²) in [6.45, 7) is 2.13. The van der Waals surface area contributed by atoms with Crippen molar-refractivity contribution in [3.8, 4) is 0 Å². The van der Waals surface area contributed by atoms with E-state index in [2.05, 4.69) is 16.5 Å². The SMILES string of the molecule is Cc1nc2c(n1C1CC1)CCC(N)C2. The normalized spacial score (nSPS) is 26.3. The molecule has 0 saturated heterocycles. The molecule has 1 aromatic rings. The maximum absolute atomic E-state index is 5.95. The smallest absolute Gasteiger partial charge is 0.106 e. The molecule has 1 unspecified atom stereocenters. The Kier molecular flexibility index (Phi) is 1.71. The number of imidazole rings is 1. The molecule has 2 aliphatic carbocycles. The van der Waals surface area contributed by atoms with Crippen molar-refractivity contribution in [1.29, 1.82) is 0 Å². The molecule has 1 aromatic heterocycles. The van der Waals surface area contributed by atoms with Crippen molar-refractivity contribution in [2.75, 3.05) is 0 Å². The Hall–Kier alpha value is -0.830. The number of aromatic nitrogens is 2. The van der Waals surface area contributed by atoms with Crippen LogP contribution in [-0.2, 0) is 12.8 Å². The molecule has 1 heterocycles. The highest BCUT2D eigenvalue weighted by atomic mass is 15.1. The zero-order valence-electron chi connectivity index (χ0n) is 8.66. The summed E-state index contributed by atoms with van der Waals surface area (Å²) in [5, 5.41) is 0. The maximum atomic E-state index is 5.95. The number of hydrogen-bond donors (Lipinski definition) is 1. The standard InChI is InChI=1S/C11H17N3/c1-7-13-10-6-8(12)2-5-11(10)14(7)9-3-4-9/h8-9H,2-6,12H2,1H3. The second-order valence-corrected chi connectivity index (χ2v) is 4.66. The zero-order chi connectivity index (χ0) is 9.71. The van der Waals surface area contributed by atoms with E-state index in [-0.39, 0.29) is 0 Å². The minimum atomic E-state index is 0.337. The Morgan fingerprint density at radius 2 is 2.14 bits per heavy atom. The predicted molar refractivity (Wildman–Crippen MR) is 55.2 cm³/mol. The largest absolute Gasteiger partial charge is 0.329 e. The van der Waals surface area contributed by atoms with Crippen LogP contribution in [0.25, 0.3) is 0 Å². The Morgan fingerprint density at radius 3 is 2.86 bits per heavy atom. The number of nitrogens with zero attached hydrogens (tertiary/aromatic N) is 2. The minimum absolute atomic E-state index is 0.337. The van der Waals surface area contributed by atoms with Crippen LogP contribution in [0, 0.1) is 6.92 Å². The van der Waals surface area contributed by atoms with E-state index in [0.717, 1.165) is 25.3 Å². The average molecular weight is 191 g/mol. The van der Waals surface area contributed by atoms with E-state index in [1.165, 1.54) is 30.1 Å². The Morgan fingerprint density at radius 1 is 1.36 bits per heavy atom. The molecule has 0 aliphatic heterocycles. The van der Waals surface area contributed by atoms with Crippen molar-refractivity contribution in [2.24, 2.45) is 5.73 Å². The molecule has 0 amide bonds. The number of aryl methyl sites for hydroxylation is 1. The number of rotatable bonds is 1. The van der Waals surface area contributed by atoms with Gasteiger partial charge in [-0.25, -0.2) is 4.98 Å². The minimum Gasteiger partial charge on any atom is -0.329 e. The first-order chi connectivity index (χ1) is 6.75. The van der Waals surface area contributed by atoms with Crippen molar-refractivity contribution in [1.82, 2.24) is 9.55 Å². The van der Waals surface area contributed by atoms with Gasteiger partial charge in [0.1, 0.15) is 5.82 Å². The highest BCUT2D eigenvalue weighted by Crippen LogP contribution is 2.39. The molecule has 0 radical (unpaired) electrons. The molecule has 3 nitrogen and oxygen atoms in total. The first-order valence-corrected chi connectivity index (χ1v) is 5.58. The quantitative estimate of drug-likeness (QED) is 0.728. The second kappa shape index (κ2) is 2.83. The van der Waals surface area contributed by atoms with Crippen LogP contribution >= 0.6 is 0 Å². The Labute approximate surface area is 84.3 Å². The molecule has 3 heteroatoms. The first kappa shape index (κ1) is 8.48. The number of fused-ring (bicyclic) bond motifs is 1. The fourth-order valence-corrected chi connectivity index (χ4v) is 2.57. The van der Waals surface area contributed by atoms with Crippen LogP contribution in [0.3, 0.4) is 0 Å². The molecular weight excluding hydrogens is 174 g/mol. The molecule has 2 aliphatic rings. The van der Waals surface area contributed by atoms with Gasteiger partial charge < -0.3 is 10.3 Å². The molecule has 0 bridgehead atoms. The zero-order valence-corrected chi connectivity index (χ0v) is 8.66. The lowest BCUT2D eigenvalue weighted by Gasteiger charge is -2.19. The number of hydrogen-bond acceptors (Lipinski definition) is 2.